The molecule has 0 unspecified atom stereocenters. The third-order valence-corrected chi connectivity index (χ3v) is 7.36. The first-order valence-corrected chi connectivity index (χ1v) is 12.0. The lowest BCUT2D eigenvalue weighted by molar-refractivity contribution is -0.131. The summed E-state index contributed by atoms with van der Waals surface area (Å²) in [6, 6.07) is 21.5. The molecule has 2 aromatic carbocycles. The largest absolute Gasteiger partial charge is 0.368 e. The lowest BCUT2D eigenvalue weighted by Gasteiger charge is -2.36. The van der Waals surface area contributed by atoms with Crippen LogP contribution in [0.4, 0.5) is 5.69 Å². The average Bonchev–Trinajstić information content (AvgIpc) is 2.85. The predicted octanol–water partition coefficient (Wildman–Crippen LogP) is 2.62. The van der Waals surface area contributed by atoms with E-state index in [-0.39, 0.29) is 23.9 Å². The third-order valence-electron chi connectivity index (χ3n) is 5.55. The summed E-state index contributed by atoms with van der Waals surface area (Å²) in [5.41, 5.74) is 1.91. The van der Waals surface area contributed by atoms with Gasteiger partial charge in [0.1, 0.15) is 0 Å². The Morgan fingerprint density at radius 3 is 2.06 bits per heavy atom. The van der Waals surface area contributed by atoms with Gasteiger partial charge in [-0.2, -0.15) is 4.31 Å². The standard InChI is InChI=1S/C24H26N4O3S/c29-24(27-17-15-26(16-18-27)22-11-13-25-14-12-22)20-28(19-21-7-3-1-4-8-21)32(30,31)23-9-5-2-6-10-23/h1-14H,15-20H2. The number of carbonyl (C=O) groups is 1. The van der Waals surface area contributed by atoms with Crippen molar-refractivity contribution in [1.82, 2.24) is 14.2 Å². The molecule has 1 fully saturated rings. The van der Waals surface area contributed by atoms with Crippen molar-refractivity contribution in [2.45, 2.75) is 11.4 Å². The number of benzene rings is 2. The van der Waals surface area contributed by atoms with Crippen molar-refractivity contribution >= 4 is 21.6 Å². The van der Waals surface area contributed by atoms with Crippen LogP contribution in [-0.4, -0.2) is 61.2 Å². The monoisotopic (exact) mass is 450 g/mol. The molecule has 1 aliphatic heterocycles. The molecule has 7 nitrogen and oxygen atoms in total. The highest BCUT2D eigenvalue weighted by Gasteiger charge is 2.30. The maximum absolute atomic E-state index is 13.3. The molecule has 0 N–H and O–H groups in total. The second-order valence-corrected chi connectivity index (χ2v) is 9.58. The minimum Gasteiger partial charge on any atom is -0.368 e. The number of hydrogen-bond acceptors (Lipinski definition) is 5. The van der Waals surface area contributed by atoms with Crippen LogP contribution in [0, 0.1) is 0 Å². The number of rotatable bonds is 7. The fraction of sp³-hybridized carbons (Fsp3) is 0.250. The Kier molecular flexibility index (Phi) is 6.82. The zero-order valence-corrected chi connectivity index (χ0v) is 18.6. The van der Waals surface area contributed by atoms with Crippen LogP contribution >= 0.6 is 0 Å². The van der Waals surface area contributed by atoms with Crippen molar-refractivity contribution < 1.29 is 13.2 Å². The number of pyridine rings is 1. The summed E-state index contributed by atoms with van der Waals surface area (Å²) >= 11 is 0. The Morgan fingerprint density at radius 2 is 1.44 bits per heavy atom. The first-order chi connectivity index (χ1) is 15.5. The average molecular weight is 451 g/mol. The van der Waals surface area contributed by atoms with Gasteiger partial charge in [-0.3, -0.25) is 9.78 Å². The SMILES string of the molecule is O=C(CN(Cc1ccccc1)S(=O)(=O)c1ccccc1)N1CCN(c2ccncc2)CC1. The zero-order valence-electron chi connectivity index (χ0n) is 17.7. The van der Waals surface area contributed by atoms with E-state index < -0.39 is 10.0 Å². The van der Waals surface area contributed by atoms with Gasteiger partial charge in [-0.15, -0.1) is 0 Å². The van der Waals surface area contributed by atoms with Gasteiger partial charge in [-0.05, 0) is 29.8 Å². The van der Waals surface area contributed by atoms with Crippen LogP contribution in [0.1, 0.15) is 5.56 Å². The number of nitrogens with zero attached hydrogens (tertiary/aromatic N) is 4. The summed E-state index contributed by atoms with van der Waals surface area (Å²) < 4.78 is 27.9. The molecule has 1 saturated heterocycles. The first kappa shape index (κ1) is 22.0. The van der Waals surface area contributed by atoms with E-state index in [1.807, 2.05) is 42.5 Å². The number of carbonyl (C=O) groups excluding carboxylic acids is 1. The molecule has 1 amide bonds. The summed E-state index contributed by atoms with van der Waals surface area (Å²) in [6.07, 6.45) is 3.51. The molecule has 166 valence electrons. The molecular weight excluding hydrogens is 424 g/mol. The van der Waals surface area contributed by atoms with E-state index in [1.165, 1.54) is 4.31 Å². The molecule has 4 rings (SSSR count). The summed E-state index contributed by atoms with van der Waals surface area (Å²) in [6.45, 7) is 2.43. The molecule has 0 bridgehead atoms. The van der Waals surface area contributed by atoms with E-state index in [9.17, 15) is 13.2 Å². The molecule has 1 aromatic heterocycles. The maximum Gasteiger partial charge on any atom is 0.243 e. The molecule has 0 radical (unpaired) electrons. The molecule has 8 heteroatoms. The minimum atomic E-state index is -3.82. The Balaban J connectivity index is 1.48. The number of hydrogen-bond donors (Lipinski definition) is 0. The summed E-state index contributed by atoms with van der Waals surface area (Å²) in [5.74, 6) is -0.185. The van der Waals surface area contributed by atoms with Crippen LogP contribution in [0.25, 0.3) is 0 Å². The van der Waals surface area contributed by atoms with E-state index in [0.29, 0.717) is 26.2 Å². The molecule has 3 aromatic rings. The Labute approximate surface area is 189 Å². The highest BCUT2D eigenvalue weighted by molar-refractivity contribution is 7.89. The lowest BCUT2D eigenvalue weighted by atomic mass is 10.2. The molecule has 0 saturated carbocycles. The molecule has 2 heterocycles. The summed E-state index contributed by atoms with van der Waals surface area (Å²) in [7, 11) is -3.82. The van der Waals surface area contributed by atoms with Gasteiger partial charge in [0.2, 0.25) is 15.9 Å². The van der Waals surface area contributed by atoms with Gasteiger partial charge in [-0.25, -0.2) is 8.42 Å². The normalized spacial score (nSPS) is 14.5. The first-order valence-electron chi connectivity index (χ1n) is 10.6. The maximum atomic E-state index is 13.3. The van der Waals surface area contributed by atoms with Crippen LogP contribution in [0.15, 0.2) is 90.1 Å². The van der Waals surface area contributed by atoms with Crippen molar-refractivity contribution in [3.05, 3.63) is 90.8 Å². The van der Waals surface area contributed by atoms with E-state index >= 15 is 0 Å². The van der Waals surface area contributed by atoms with Gasteiger partial charge in [0.05, 0.1) is 11.4 Å². The Hall–Kier alpha value is -3.23. The van der Waals surface area contributed by atoms with Gasteiger partial charge in [0.15, 0.2) is 0 Å². The minimum absolute atomic E-state index is 0.140. The number of amides is 1. The van der Waals surface area contributed by atoms with E-state index in [4.69, 9.17) is 0 Å². The second-order valence-electron chi connectivity index (χ2n) is 7.64. The number of sulfonamides is 1. The van der Waals surface area contributed by atoms with Crippen molar-refractivity contribution in [1.29, 1.82) is 0 Å². The quantitative estimate of drug-likeness (QED) is 0.553. The van der Waals surface area contributed by atoms with E-state index in [0.717, 1.165) is 11.3 Å². The van der Waals surface area contributed by atoms with Crippen LogP contribution in [-0.2, 0) is 21.4 Å². The van der Waals surface area contributed by atoms with Crippen molar-refractivity contribution in [2.75, 3.05) is 37.6 Å². The van der Waals surface area contributed by atoms with E-state index in [1.54, 1.807) is 47.6 Å². The number of piperazine rings is 1. The fourth-order valence-corrected chi connectivity index (χ4v) is 5.17. The predicted molar refractivity (Wildman–Crippen MR) is 124 cm³/mol. The number of aromatic nitrogens is 1. The van der Waals surface area contributed by atoms with Gasteiger partial charge in [-0.1, -0.05) is 48.5 Å². The van der Waals surface area contributed by atoms with Crippen LogP contribution < -0.4 is 4.90 Å². The van der Waals surface area contributed by atoms with E-state index in [2.05, 4.69) is 9.88 Å². The fourth-order valence-electron chi connectivity index (χ4n) is 3.77. The van der Waals surface area contributed by atoms with Crippen LogP contribution in [0.2, 0.25) is 0 Å². The van der Waals surface area contributed by atoms with Crippen LogP contribution in [0.5, 0.6) is 0 Å². The molecule has 1 aliphatic rings. The zero-order chi connectivity index (χ0) is 22.4. The van der Waals surface area contributed by atoms with Gasteiger partial charge >= 0.3 is 0 Å². The summed E-state index contributed by atoms with van der Waals surface area (Å²) in [5, 5.41) is 0. The topological polar surface area (TPSA) is 73.8 Å². The third kappa shape index (κ3) is 5.15. The van der Waals surface area contributed by atoms with Gasteiger partial charge in [0.25, 0.3) is 0 Å². The van der Waals surface area contributed by atoms with Crippen molar-refractivity contribution in [3.63, 3.8) is 0 Å². The smallest absolute Gasteiger partial charge is 0.243 e. The highest BCUT2D eigenvalue weighted by Crippen LogP contribution is 2.20. The van der Waals surface area contributed by atoms with Crippen molar-refractivity contribution in [3.8, 4) is 0 Å². The highest BCUT2D eigenvalue weighted by atomic mass is 32.2. The molecular formula is C24H26N4O3S. The van der Waals surface area contributed by atoms with Gasteiger partial charge < -0.3 is 9.80 Å². The molecule has 0 atom stereocenters. The Bertz CT molecular complexity index is 1120. The molecule has 32 heavy (non-hydrogen) atoms. The lowest BCUT2D eigenvalue weighted by Crippen LogP contribution is -2.51. The molecule has 0 aliphatic carbocycles. The van der Waals surface area contributed by atoms with Gasteiger partial charge in [0, 0.05) is 50.8 Å². The molecule has 0 spiro atoms. The summed E-state index contributed by atoms with van der Waals surface area (Å²) in [4.78, 5) is 21.3. The number of anilines is 1. The Morgan fingerprint density at radius 1 is 0.844 bits per heavy atom. The van der Waals surface area contributed by atoms with Crippen molar-refractivity contribution in [2.24, 2.45) is 0 Å². The van der Waals surface area contributed by atoms with Crippen LogP contribution in [0.3, 0.4) is 0 Å². The second kappa shape index (κ2) is 9.93.